The molecule has 0 atom stereocenters. The molecule has 0 heterocycles. The van der Waals surface area contributed by atoms with Gasteiger partial charge in [-0.2, -0.15) is 0 Å². The van der Waals surface area contributed by atoms with Gasteiger partial charge in [0.25, 0.3) is 0 Å². The van der Waals surface area contributed by atoms with E-state index in [1.54, 1.807) is 30.8 Å². The van der Waals surface area contributed by atoms with Crippen molar-refractivity contribution in [1.82, 2.24) is 0 Å². The maximum atomic E-state index is 14.0. The van der Waals surface area contributed by atoms with Gasteiger partial charge >= 0.3 is 23.1 Å². The van der Waals surface area contributed by atoms with Crippen LogP contribution < -0.4 is 56.0 Å². The molecule has 2 aromatic rings. The normalized spacial score (nSPS) is 10.2. The predicted molar refractivity (Wildman–Crippen MR) is 109 cm³/mol. The maximum absolute atomic E-state index is 14.0. The summed E-state index contributed by atoms with van der Waals surface area (Å²) in [6, 6.07) is 6.84. The van der Waals surface area contributed by atoms with Gasteiger partial charge in [0, 0.05) is 8.32 Å². The van der Waals surface area contributed by atoms with Gasteiger partial charge in [0.1, 0.15) is 0 Å². The molecular weight excluding hydrogens is 428 g/mol. The summed E-state index contributed by atoms with van der Waals surface area (Å²) in [5, 5.41) is 1.02. The van der Waals surface area contributed by atoms with E-state index in [1.165, 1.54) is 42.7 Å². The van der Waals surface area contributed by atoms with Gasteiger partial charge in [-0.25, -0.2) is 0 Å². The number of hydrogen-bond donors (Lipinski definition) is 0. The van der Waals surface area contributed by atoms with Crippen LogP contribution in [0.1, 0.15) is 0 Å². The molecule has 0 unspecified atom stereocenters. The van der Waals surface area contributed by atoms with Gasteiger partial charge in [-0.05, 0) is 22.5 Å². The van der Waals surface area contributed by atoms with Crippen LogP contribution in [-0.4, -0.2) is 74.0 Å². The molecule has 7 nitrogen and oxygen atoms in total. The van der Waals surface area contributed by atoms with Gasteiger partial charge in [0.2, 0.25) is 11.5 Å². The molecule has 0 aliphatic carbocycles. The van der Waals surface area contributed by atoms with Gasteiger partial charge in [-0.1, -0.05) is 18.7 Å². The van der Waals surface area contributed by atoms with Crippen molar-refractivity contribution in [2.24, 2.45) is 0 Å². The van der Waals surface area contributed by atoms with E-state index in [2.05, 4.69) is 0 Å². The molecule has 0 N–H and O–H groups in total. The molecule has 0 spiro atoms. The van der Waals surface area contributed by atoms with Gasteiger partial charge in [0.05, 0.1) is 42.7 Å². The number of hydrogen-bond acceptors (Lipinski definition) is 7. The predicted octanol–water partition coefficient (Wildman–Crippen LogP) is -2.59. The third-order valence-electron chi connectivity index (χ3n) is 4.44. The molecule has 0 saturated carbocycles. The average molecular weight is 453 g/mol. The summed E-state index contributed by atoms with van der Waals surface area (Å²) in [4.78, 5) is 14.0. The number of ether oxygens (including phenoxy) is 6. The molecule has 0 amide bonds. The van der Waals surface area contributed by atoms with Crippen molar-refractivity contribution in [3.05, 3.63) is 24.3 Å². The van der Waals surface area contributed by atoms with Crippen LogP contribution in [0.3, 0.4) is 0 Å². The van der Waals surface area contributed by atoms with Gasteiger partial charge in [-0.3, -0.25) is 0 Å². The summed E-state index contributed by atoms with van der Waals surface area (Å²) in [6.07, 6.45) is 0. The third-order valence-corrected chi connectivity index (χ3v) is 7.28. The van der Waals surface area contributed by atoms with Crippen molar-refractivity contribution in [3.8, 4) is 34.5 Å². The van der Waals surface area contributed by atoms with Crippen molar-refractivity contribution in [1.29, 1.82) is 0 Å². The summed E-state index contributed by atoms with van der Waals surface area (Å²) in [5.41, 5.74) is 0. The van der Waals surface area contributed by atoms with E-state index in [4.69, 9.17) is 28.4 Å². The number of benzene rings is 2. The monoisotopic (exact) mass is 452 g/mol. The van der Waals surface area contributed by atoms with Crippen LogP contribution in [0, 0.1) is 0 Å². The quantitative estimate of drug-likeness (QED) is 0.406. The first-order valence-corrected chi connectivity index (χ1v) is 10.6. The average Bonchev–Trinajstić information content (AvgIpc) is 2.70. The first kappa shape index (κ1) is 27.5. The second-order valence-corrected chi connectivity index (χ2v) is 8.94. The Kier molecular flexibility index (Phi) is 11.0. The molecule has 0 aliphatic heterocycles. The van der Waals surface area contributed by atoms with E-state index in [-0.39, 0.29) is 35.5 Å². The molecule has 10 heteroatoms. The van der Waals surface area contributed by atoms with E-state index >= 15 is 0 Å². The minimum atomic E-state index is -3.52. The van der Waals surface area contributed by atoms with Gasteiger partial charge < -0.3 is 45.6 Å². The fourth-order valence-electron chi connectivity index (χ4n) is 3.10. The molecule has 2 aromatic carbocycles. The molecule has 0 fully saturated rings. The fourth-order valence-corrected chi connectivity index (χ4v) is 5.49. The molecule has 0 aliphatic rings. The largest absolute Gasteiger partial charge is 2.00 e. The molecule has 0 aromatic heterocycles. The first-order valence-electron chi connectivity index (χ1n) is 8.20. The van der Waals surface area contributed by atoms with Gasteiger partial charge in [-0.15, -0.1) is 0 Å². The van der Waals surface area contributed by atoms with Crippen molar-refractivity contribution in [2.45, 2.75) is 6.55 Å². The Morgan fingerprint density at radius 3 is 1.14 bits per heavy atom. The van der Waals surface area contributed by atoms with Crippen LogP contribution in [0.15, 0.2) is 24.3 Å². The summed E-state index contributed by atoms with van der Waals surface area (Å²) in [7, 11) is 5.54. The Hall–Kier alpha value is -1.53. The fraction of sp³-hybridized carbons (Fsp3) is 0.368. The summed E-state index contributed by atoms with van der Waals surface area (Å²) in [6.45, 7) is 1.67. The van der Waals surface area contributed by atoms with Crippen LogP contribution in [0.4, 0.5) is 0 Å². The van der Waals surface area contributed by atoms with E-state index in [0.29, 0.717) is 44.9 Å². The zero-order valence-corrected chi connectivity index (χ0v) is 20.9. The molecule has 0 saturated heterocycles. The third kappa shape index (κ3) is 4.97. The smallest absolute Gasteiger partial charge is 1.00 e. The summed E-state index contributed by atoms with van der Waals surface area (Å²) < 4.78 is 32.5. The maximum Gasteiger partial charge on any atom is 2.00 e. The van der Waals surface area contributed by atoms with Crippen LogP contribution in [-0.2, 0) is 0 Å². The van der Waals surface area contributed by atoms with Crippen LogP contribution in [0.25, 0.3) is 0 Å². The first-order chi connectivity index (χ1) is 12.9. The molecule has 0 bridgehead atoms. The zero-order valence-electron chi connectivity index (χ0n) is 17.8. The summed E-state index contributed by atoms with van der Waals surface area (Å²) >= 11 is 0. The van der Waals surface area contributed by atoms with Crippen LogP contribution in [0.5, 0.6) is 34.5 Å². The van der Waals surface area contributed by atoms with Crippen LogP contribution in [0.2, 0.25) is 6.55 Å². The Labute approximate surface area is 194 Å². The number of methoxy groups -OCH3 is 6. The van der Waals surface area contributed by atoms with Gasteiger partial charge in [0.15, 0.2) is 23.0 Å². The second kappa shape index (κ2) is 11.6. The Morgan fingerprint density at radius 1 is 0.586 bits per heavy atom. The van der Waals surface area contributed by atoms with E-state index < -0.39 is 8.32 Å². The SMILES string of the molecule is COc1ccc([Si](C)([O-])c2ccc(OC)c(OC)c2OC)c(OC)c1OC.[Cl-].[Mg+2]. The molecular formula is C19H25ClMgO7Si. The number of rotatable bonds is 8. The molecule has 0 radical (unpaired) electrons. The Bertz CT molecular complexity index is 752. The molecule has 2 rings (SSSR count). The molecule has 156 valence electrons. The van der Waals surface area contributed by atoms with Crippen molar-refractivity contribution in [2.75, 3.05) is 42.7 Å². The van der Waals surface area contributed by atoms with Crippen LogP contribution >= 0.6 is 0 Å². The standard InChI is InChI=1S/C19H25O7Si.ClH.Mg/c1-21-12-8-10-14(18(25-5)16(12)23-3)27(7,20)15-11-9-13(22-2)17(24-4)19(15)26-6;;/h8-11H,1-7H3;1H;/q-1;;+2/p-1. The van der Waals surface area contributed by atoms with Crippen molar-refractivity contribution < 1.29 is 45.6 Å². The topological polar surface area (TPSA) is 78.4 Å². The van der Waals surface area contributed by atoms with E-state index in [1.807, 2.05) is 0 Å². The number of halogens is 1. The minimum Gasteiger partial charge on any atom is -1.00 e. The second-order valence-electron chi connectivity index (χ2n) is 5.80. The minimum absolute atomic E-state index is 0. The van der Waals surface area contributed by atoms with E-state index in [0.717, 1.165) is 0 Å². The van der Waals surface area contributed by atoms with Crippen molar-refractivity contribution >= 4 is 41.7 Å². The Morgan fingerprint density at radius 2 is 0.897 bits per heavy atom. The molecule has 29 heavy (non-hydrogen) atoms. The zero-order chi connectivity index (χ0) is 20.2. The van der Waals surface area contributed by atoms with E-state index in [9.17, 15) is 4.80 Å². The summed E-state index contributed by atoms with van der Waals surface area (Å²) in [5.74, 6) is 2.46. The van der Waals surface area contributed by atoms with Crippen molar-refractivity contribution in [3.63, 3.8) is 0 Å². The Balaban J connectivity index is 0.00000392.